The predicted molar refractivity (Wildman–Crippen MR) is 95.4 cm³/mol. The van der Waals surface area contributed by atoms with Crippen molar-refractivity contribution in [3.63, 3.8) is 0 Å². The summed E-state index contributed by atoms with van der Waals surface area (Å²) in [7, 11) is 1.64. The van der Waals surface area contributed by atoms with Crippen molar-refractivity contribution in [3.05, 3.63) is 24.3 Å². The number of hydrogen-bond donors (Lipinski definition) is 1. The molecule has 0 bridgehead atoms. The monoisotopic (exact) mass is 337 g/mol. The van der Waals surface area contributed by atoms with Crippen molar-refractivity contribution < 1.29 is 14.3 Å². The fourth-order valence-electron chi connectivity index (χ4n) is 2.83. The molecule has 2 unspecified atom stereocenters. The Kier molecular flexibility index (Phi) is 7.59. The summed E-state index contributed by atoms with van der Waals surface area (Å²) < 4.78 is 10.8. The van der Waals surface area contributed by atoms with Crippen LogP contribution in [0.2, 0.25) is 0 Å². The van der Waals surface area contributed by atoms with Gasteiger partial charge in [0.2, 0.25) is 5.91 Å². The maximum Gasteiger partial charge on any atom is 0.230 e. The molecule has 0 radical (unpaired) electrons. The molecule has 128 valence electrons. The van der Waals surface area contributed by atoms with Crippen LogP contribution in [0.4, 0.5) is 0 Å². The van der Waals surface area contributed by atoms with Gasteiger partial charge in [0, 0.05) is 11.8 Å². The van der Waals surface area contributed by atoms with Gasteiger partial charge < -0.3 is 14.8 Å². The molecule has 1 N–H and O–H groups in total. The number of carbonyl (C=O) groups is 1. The number of thioether (sulfide) groups is 1. The van der Waals surface area contributed by atoms with Gasteiger partial charge in [-0.2, -0.15) is 0 Å². The van der Waals surface area contributed by atoms with E-state index in [0.717, 1.165) is 23.7 Å². The topological polar surface area (TPSA) is 47.6 Å². The molecular formula is C18H27NO3S. The molecule has 0 aliphatic heterocycles. The molecule has 1 aromatic carbocycles. The molecule has 0 spiro atoms. The molecule has 1 fully saturated rings. The lowest BCUT2D eigenvalue weighted by molar-refractivity contribution is -0.119. The maximum atomic E-state index is 12.0. The van der Waals surface area contributed by atoms with Gasteiger partial charge in [-0.25, -0.2) is 0 Å². The second-order valence-corrected chi connectivity index (χ2v) is 7.12. The third-order valence-corrected chi connectivity index (χ3v) is 5.17. The fourth-order valence-corrected chi connectivity index (χ4v) is 3.45. The highest BCUT2D eigenvalue weighted by Crippen LogP contribution is 2.23. The summed E-state index contributed by atoms with van der Waals surface area (Å²) in [6, 6.07) is 7.90. The lowest BCUT2D eigenvalue weighted by atomic mass is 9.86. The van der Waals surface area contributed by atoms with Gasteiger partial charge in [0.15, 0.2) is 0 Å². The van der Waals surface area contributed by atoms with Gasteiger partial charge in [-0.1, -0.05) is 19.8 Å². The van der Waals surface area contributed by atoms with Gasteiger partial charge in [0.25, 0.3) is 0 Å². The van der Waals surface area contributed by atoms with Crippen molar-refractivity contribution in [2.45, 2.75) is 38.6 Å². The van der Waals surface area contributed by atoms with Gasteiger partial charge in [-0.3, -0.25) is 4.79 Å². The Morgan fingerprint density at radius 2 is 1.91 bits per heavy atom. The van der Waals surface area contributed by atoms with Crippen LogP contribution in [0.5, 0.6) is 11.5 Å². The van der Waals surface area contributed by atoms with E-state index in [1.165, 1.54) is 19.3 Å². The van der Waals surface area contributed by atoms with Crippen LogP contribution in [0, 0.1) is 5.92 Å². The summed E-state index contributed by atoms with van der Waals surface area (Å²) in [6.45, 7) is 2.84. The molecule has 5 heteroatoms. The first-order valence-corrected chi connectivity index (χ1v) is 9.48. The summed E-state index contributed by atoms with van der Waals surface area (Å²) in [4.78, 5) is 12.0. The number of rotatable bonds is 8. The first-order chi connectivity index (χ1) is 11.2. The smallest absolute Gasteiger partial charge is 0.230 e. The summed E-state index contributed by atoms with van der Waals surface area (Å²) in [5, 5.41) is 3.18. The highest BCUT2D eigenvalue weighted by Gasteiger charge is 2.22. The zero-order valence-electron chi connectivity index (χ0n) is 14.0. The predicted octanol–water partition coefficient (Wildman–Crippen LogP) is 3.50. The second kappa shape index (κ2) is 9.71. The Morgan fingerprint density at radius 3 is 2.61 bits per heavy atom. The number of benzene rings is 1. The van der Waals surface area contributed by atoms with Crippen molar-refractivity contribution in [2.75, 3.05) is 25.2 Å². The molecule has 2 rings (SSSR count). The standard InChI is InChI=1S/C18H27NO3S/c1-14-5-3-4-6-17(14)19-18(20)13-23-12-11-22-16-9-7-15(21-2)8-10-16/h7-10,14,17H,3-6,11-13H2,1-2H3,(H,19,20). The molecule has 0 heterocycles. The molecule has 2 atom stereocenters. The Labute approximate surface area is 143 Å². The third-order valence-electron chi connectivity index (χ3n) is 4.25. The number of ether oxygens (including phenoxy) is 2. The van der Waals surface area contributed by atoms with E-state index in [2.05, 4.69) is 12.2 Å². The molecule has 1 saturated carbocycles. The minimum atomic E-state index is 0.151. The molecule has 1 aromatic rings. The largest absolute Gasteiger partial charge is 0.497 e. The SMILES string of the molecule is COc1ccc(OCCSCC(=O)NC2CCCCC2C)cc1. The Morgan fingerprint density at radius 1 is 1.22 bits per heavy atom. The lowest BCUT2D eigenvalue weighted by Gasteiger charge is -2.29. The number of nitrogens with one attached hydrogen (secondary N) is 1. The quantitative estimate of drug-likeness (QED) is 0.738. The number of carbonyl (C=O) groups excluding carboxylic acids is 1. The molecule has 4 nitrogen and oxygen atoms in total. The van der Waals surface area contributed by atoms with E-state index in [1.807, 2.05) is 24.3 Å². The van der Waals surface area contributed by atoms with Gasteiger partial charge in [-0.15, -0.1) is 11.8 Å². The summed E-state index contributed by atoms with van der Waals surface area (Å²) >= 11 is 1.62. The van der Waals surface area contributed by atoms with Crippen molar-refractivity contribution in [1.29, 1.82) is 0 Å². The average Bonchev–Trinajstić information content (AvgIpc) is 2.57. The maximum absolute atomic E-state index is 12.0. The van der Waals surface area contributed by atoms with Crippen LogP contribution in [0.25, 0.3) is 0 Å². The Balaban J connectivity index is 1.56. The number of methoxy groups -OCH3 is 1. The fraction of sp³-hybridized carbons (Fsp3) is 0.611. The van der Waals surface area contributed by atoms with Gasteiger partial charge >= 0.3 is 0 Å². The molecule has 1 amide bonds. The lowest BCUT2D eigenvalue weighted by Crippen LogP contribution is -2.41. The highest BCUT2D eigenvalue weighted by atomic mass is 32.2. The zero-order valence-corrected chi connectivity index (χ0v) is 14.9. The minimum absolute atomic E-state index is 0.151. The van der Waals surface area contributed by atoms with Gasteiger partial charge in [0.1, 0.15) is 11.5 Å². The van der Waals surface area contributed by atoms with E-state index in [4.69, 9.17) is 9.47 Å². The second-order valence-electron chi connectivity index (χ2n) is 6.01. The van der Waals surface area contributed by atoms with E-state index in [9.17, 15) is 4.79 Å². The first-order valence-electron chi connectivity index (χ1n) is 8.33. The van der Waals surface area contributed by atoms with Gasteiger partial charge in [-0.05, 0) is 43.0 Å². The molecule has 1 aliphatic rings. The van der Waals surface area contributed by atoms with Crippen LogP contribution in [0.15, 0.2) is 24.3 Å². The van der Waals surface area contributed by atoms with Crippen LogP contribution in [-0.2, 0) is 4.79 Å². The number of hydrogen-bond acceptors (Lipinski definition) is 4. The van der Waals surface area contributed by atoms with E-state index >= 15 is 0 Å². The van der Waals surface area contributed by atoms with Crippen LogP contribution < -0.4 is 14.8 Å². The van der Waals surface area contributed by atoms with Crippen molar-refractivity contribution >= 4 is 17.7 Å². The number of amides is 1. The van der Waals surface area contributed by atoms with Crippen LogP contribution in [0.3, 0.4) is 0 Å². The minimum Gasteiger partial charge on any atom is -0.497 e. The first kappa shape index (κ1) is 18.0. The normalized spacial score (nSPS) is 20.8. The van der Waals surface area contributed by atoms with E-state index < -0.39 is 0 Å². The Hall–Kier alpha value is -1.36. The molecular weight excluding hydrogens is 310 g/mol. The Bertz CT molecular complexity index is 478. The van der Waals surface area contributed by atoms with Crippen molar-refractivity contribution in [2.24, 2.45) is 5.92 Å². The van der Waals surface area contributed by atoms with E-state index in [-0.39, 0.29) is 5.91 Å². The summed E-state index contributed by atoms with van der Waals surface area (Å²) in [6.07, 6.45) is 4.88. The molecule has 1 aliphatic carbocycles. The van der Waals surface area contributed by atoms with Crippen LogP contribution in [0.1, 0.15) is 32.6 Å². The average molecular weight is 337 g/mol. The molecule has 23 heavy (non-hydrogen) atoms. The van der Waals surface area contributed by atoms with Crippen LogP contribution >= 0.6 is 11.8 Å². The molecule has 0 aromatic heterocycles. The third kappa shape index (κ3) is 6.34. The van der Waals surface area contributed by atoms with Crippen molar-refractivity contribution in [1.82, 2.24) is 5.32 Å². The summed E-state index contributed by atoms with van der Waals surface area (Å²) in [5.41, 5.74) is 0. The molecule has 0 saturated heterocycles. The zero-order chi connectivity index (χ0) is 16.5. The van der Waals surface area contributed by atoms with Gasteiger partial charge in [0.05, 0.1) is 19.5 Å². The van der Waals surface area contributed by atoms with E-state index in [1.54, 1.807) is 18.9 Å². The summed E-state index contributed by atoms with van der Waals surface area (Å²) in [5.74, 6) is 3.72. The van der Waals surface area contributed by atoms with Crippen LogP contribution in [-0.4, -0.2) is 37.2 Å². The van der Waals surface area contributed by atoms with Crippen molar-refractivity contribution in [3.8, 4) is 11.5 Å². The van der Waals surface area contributed by atoms with E-state index in [0.29, 0.717) is 24.3 Å². The highest BCUT2D eigenvalue weighted by molar-refractivity contribution is 7.99.